The molecule has 0 saturated carbocycles. The van der Waals surface area contributed by atoms with Gasteiger partial charge in [0, 0.05) is 23.4 Å². The molecule has 0 bridgehead atoms. The van der Waals surface area contributed by atoms with Crippen molar-refractivity contribution in [1.29, 1.82) is 0 Å². The average Bonchev–Trinajstić information content (AvgIpc) is 2.72. The highest BCUT2D eigenvalue weighted by atomic mass is 35.5. The first-order valence-electron chi connectivity index (χ1n) is 8.63. The van der Waals surface area contributed by atoms with Gasteiger partial charge in [0.15, 0.2) is 6.10 Å². The number of hydrogen-bond donors (Lipinski definition) is 1. The molecule has 0 saturated heterocycles. The average molecular weight is 420 g/mol. The zero-order valence-corrected chi connectivity index (χ0v) is 17.3. The van der Waals surface area contributed by atoms with Gasteiger partial charge in [-0.05, 0) is 43.3 Å². The molecule has 8 heteroatoms. The number of carbonyl (C=O) groups is 2. The Morgan fingerprint density at radius 1 is 1.00 bits per heavy atom. The smallest absolute Gasteiger partial charge is 0.331 e. The largest absolute Gasteiger partial charge is 0.497 e. The van der Waals surface area contributed by atoms with Crippen molar-refractivity contribution in [2.75, 3.05) is 26.6 Å². The van der Waals surface area contributed by atoms with Gasteiger partial charge in [0.2, 0.25) is 0 Å². The molecule has 2 aromatic rings. The van der Waals surface area contributed by atoms with Gasteiger partial charge in [-0.1, -0.05) is 11.6 Å². The Hall–Kier alpha value is -3.19. The number of esters is 1. The zero-order chi connectivity index (χ0) is 21.4. The molecule has 7 nitrogen and oxygen atoms in total. The molecule has 154 valence electrons. The van der Waals surface area contributed by atoms with Crippen molar-refractivity contribution in [1.82, 2.24) is 0 Å². The van der Waals surface area contributed by atoms with Gasteiger partial charge in [0.1, 0.15) is 17.2 Å². The summed E-state index contributed by atoms with van der Waals surface area (Å²) in [6.45, 7) is 1.47. The van der Waals surface area contributed by atoms with E-state index in [-0.39, 0.29) is 0 Å². The van der Waals surface area contributed by atoms with E-state index in [4.69, 9.17) is 30.5 Å². The lowest BCUT2D eigenvalue weighted by Gasteiger charge is -2.13. The Bertz CT molecular complexity index is 912. The third-order valence-corrected chi connectivity index (χ3v) is 4.22. The van der Waals surface area contributed by atoms with Crippen molar-refractivity contribution >= 4 is 35.2 Å². The molecule has 1 atom stereocenters. The number of carbonyl (C=O) groups excluding carboxylic acids is 2. The Labute approximate surface area is 174 Å². The van der Waals surface area contributed by atoms with Crippen LogP contribution in [0.4, 0.5) is 5.69 Å². The lowest BCUT2D eigenvalue weighted by Crippen LogP contribution is -2.29. The first-order valence-corrected chi connectivity index (χ1v) is 9.00. The maximum absolute atomic E-state index is 12.2. The van der Waals surface area contributed by atoms with E-state index < -0.39 is 18.0 Å². The van der Waals surface area contributed by atoms with Gasteiger partial charge in [0.05, 0.1) is 26.4 Å². The van der Waals surface area contributed by atoms with E-state index in [1.807, 2.05) is 0 Å². The van der Waals surface area contributed by atoms with Gasteiger partial charge in [-0.2, -0.15) is 0 Å². The quantitative estimate of drug-likeness (QED) is 0.515. The standard InChI is InChI=1S/C21H22ClNO6/c1-13(21(25)23-15-7-9-18(27-3)17(22)11-15)29-20(24)10-6-14-5-8-16(26-2)12-19(14)28-4/h5-13H,1-4H3,(H,23,25). The molecule has 0 spiro atoms. The molecule has 1 amide bonds. The van der Waals surface area contributed by atoms with Crippen LogP contribution in [0.25, 0.3) is 6.08 Å². The predicted molar refractivity (Wildman–Crippen MR) is 111 cm³/mol. The Kier molecular flexibility index (Phi) is 7.91. The van der Waals surface area contributed by atoms with Gasteiger partial charge >= 0.3 is 5.97 Å². The fourth-order valence-electron chi connectivity index (χ4n) is 2.37. The first-order chi connectivity index (χ1) is 13.9. The zero-order valence-electron chi connectivity index (χ0n) is 16.5. The third kappa shape index (κ3) is 6.15. The second-order valence-electron chi connectivity index (χ2n) is 5.86. The Morgan fingerprint density at radius 2 is 1.72 bits per heavy atom. The minimum atomic E-state index is -1.01. The van der Waals surface area contributed by atoms with E-state index in [9.17, 15) is 9.59 Å². The molecule has 0 heterocycles. The monoisotopic (exact) mass is 419 g/mol. The summed E-state index contributed by atoms with van der Waals surface area (Å²) in [6, 6.07) is 9.98. The van der Waals surface area contributed by atoms with Crippen molar-refractivity contribution < 1.29 is 28.5 Å². The molecule has 0 radical (unpaired) electrons. The number of methoxy groups -OCH3 is 3. The number of halogens is 1. The SMILES string of the molecule is COc1ccc(C=CC(=O)OC(C)C(=O)Nc2ccc(OC)c(Cl)c2)c(OC)c1. The van der Waals surface area contributed by atoms with E-state index in [1.165, 1.54) is 33.3 Å². The van der Waals surface area contributed by atoms with Crippen molar-refractivity contribution in [2.24, 2.45) is 0 Å². The molecular formula is C21H22ClNO6. The second kappa shape index (κ2) is 10.4. The van der Waals surface area contributed by atoms with E-state index in [1.54, 1.807) is 43.5 Å². The van der Waals surface area contributed by atoms with Crippen LogP contribution in [0.1, 0.15) is 12.5 Å². The van der Waals surface area contributed by atoms with Crippen LogP contribution in [0.2, 0.25) is 5.02 Å². The Morgan fingerprint density at radius 3 is 2.34 bits per heavy atom. The van der Waals surface area contributed by atoms with Gasteiger partial charge < -0.3 is 24.3 Å². The highest BCUT2D eigenvalue weighted by Gasteiger charge is 2.17. The van der Waals surface area contributed by atoms with Gasteiger partial charge in [0.25, 0.3) is 5.91 Å². The highest BCUT2D eigenvalue weighted by Crippen LogP contribution is 2.27. The van der Waals surface area contributed by atoms with Crippen LogP contribution in [0, 0.1) is 0 Å². The summed E-state index contributed by atoms with van der Waals surface area (Å²) < 4.78 is 20.6. The molecule has 0 aliphatic heterocycles. The molecule has 0 aliphatic rings. The van der Waals surface area contributed by atoms with Crippen LogP contribution in [0.5, 0.6) is 17.2 Å². The lowest BCUT2D eigenvalue weighted by molar-refractivity contribution is -0.148. The fourth-order valence-corrected chi connectivity index (χ4v) is 2.63. The van der Waals surface area contributed by atoms with E-state index in [0.717, 1.165) is 0 Å². The molecule has 0 aromatic heterocycles. The number of rotatable bonds is 8. The molecule has 2 aromatic carbocycles. The van der Waals surface area contributed by atoms with Crippen molar-refractivity contribution in [3.8, 4) is 17.2 Å². The molecular weight excluding hydrogens is 398 g/mol. The number of amides is 1. The maximum atomic E-state index is 12.2. The number of benzene rings is 2. The number of hydrogen-bond acceptors (Lipinski definition) is 6. The van der Waals surface area contributed by atoms with Crippen LogP contribution in [0.15, 0.2) is 42.5 Å². The summed E-state index contributed by atoms with van der Waals surface area (Å²) >= 11 is 6.03. The van der Waals surface area contributed by atoms with Gasteiger partial charge in [-0.15, -0.1) is 0 Å². The summed E-state index contributed by atoms with van der Waals surface area (Å²) in [5.74, 6) is 0.498. The molecule has 0 aliphatic carbocycles. The van der Waals surface area contributed by atoms with E-state index in [2.05, 4.69) is 5.32 Å². The van der Waals surface area contributed by atoms with Crippen molar-refractivity contribution in [3.63, 3.8) is 0 Å². The summed E-state index contributed by atoms with van der Waals surface area (Å²) in [5.41, 5.74) is 1.12. The van der Waals surface area contributed by atoms with E-state index >= 15 is 0 Å². The lowest BCUT2D eigenvalue weighted by atomic mass is 10.1. The number of nitrogens with one attached hydrogen (secondary N) is 1. The molecule has 2 rings (SSSR count). The molecule has 1 N–H and O–H groups in total. The van der Waals surface area contributed by atoms with Gasteiger partial charge in [-0.3, -0.25) is 4.79 Å². The molecule has 29 heavy (non-hydrogen) atoms. The third-order valence-electron chi connectivity index (χ3n) is 3.92. The molecule has 1 unspecified atom stereocenters. The normalized spacial score (nSPS) is 11.6. The number of ether oxygens (including phenoxy) is 4. The fraction of sp³-hybridized carbons (Fsp3) is 0.238. The van der Waals surface area contributed by atoms with E-state index in [0.29, 0.717) is 33.5 Å². The van der Waals surface area contributed by atoms with Crippen LogP contribution in [-0.4, -0.2) is 39.3 Å². The highest BCUT2D eigenvalue weighted by molar-refractivity contribution is 6.32. The van der Waals surface area contributed by atoms with Crippen LogP contribution in [-0.2, 0) is 14.3 Å². The van der Waals surface area contributed by atoms with Crippen LogP contribution in [0.3, 0.4) is 0 Å². The summed E-state index contributed by atoms with van der Waals surface area (Å²) in [4.78, 5) is 24.3. The number of anilines is 1. The van der Waals surface area contributed by atoms with Crippen molar-refractivity contribution in [2.45, 2.75) is 13.0 Å². The second-order valence-corrected chi connectivity index (χ2v) is 6.27. The van der Waals surface area contributed by atoms with Crippen LogP contribution >= 0.6 is 11.6 Å². The van der Waals surface area contributed by atoms with Gasteiger partial charge in [-0.25, -0.2) is 4.79 Å². The van der Waals surface area contributed by atoms with Crippen molar-refractivity contribution in [3.05, 3.63) is 53.1 Å². The summed E-state index contributed by atoms with van der Waals surface area (Å²) in [7, 11) is 4.56. The minimum Gasteiger partial charge on any atom is -0.497 e. The first kappa shape index (κ1) is 22.1. The predicted octanol–water partition coefficient (Wildman–Crippen LogP) is 3.95. The Balaban J connectivity index is 1.97. The van der Waals surface area contributed by atoms with Crippen LogP contribution < -0.4 is 19.5 Å². The molecule has 0 fully saturated rings. The topological polar surface area (TPSA) is 83.1 Å². The maximum Gasteiger partial charge on any atom is 0.331 e. The summed E-state index contributed by atoms with van der Waals surface area (Å²) in [6.07, 6.45) is 1.75. The summed E-state index contributed by atoms with van der Waals surface area (Å²) in [5, 5.41) is 2.98. The minimum absolute atomic E-state index is 0.353.